The lowest BCUT2D eigenvalue weighted by Gasteiger charge is -2.17. The first-order valence-corrected chi connectivity index (χ1v) is 11.6. The zero-order valence-electron chi connectivity index (χ0n) is 17.8. The van der Waals surface area contributed by atoms with Crippen molar-refractivity contribution in [3.8, 4) is 0 Å². The molecule has 2 heterocycles. The Morgan fingerprint density at radius 3 is 2.47 bits per heavy atom. The van der Waals surface area contributed by atoms with Crippen molar-refractivity contribution < 1.29 is 14.0 Å². The fourth-order valence-corrected chi connectivity index (χ4v) is 5.58. The third-order valence-electron chi connectivity index (χ3n) is 6.14. The molecular formula is C25H24FN3O2S. The van der Waals surface area contributed by atoms with Gasteiger partial charge in [-0.15, -0.1) is 11.3 Å². The second kappa shape index (κ2) is 8.39. The number of hydrogen-bond acceptors (Lipinski definition) is 3. The number of benzene rings is 2. The molecule has 0 radical (unpaired) electrons. The van der Waals surface area contributed by atoms with Gasteiger partial charge in [0.2, 0.25) is 0 Å². The summed E-state index contributed by atoms with van der Waals surface area (Å²) in [5, 5.41) is 3.96. The first kappa shape index (κ1) is 20.7. The largest absolute Gasteiger partial charge is 0.348 e. The van der Waals surface area contributed by atoms with Crippen molar-refractivity contribution in [2.24, 2.45) is 0 Å². The van der Waals surface area contributed by atoms with Crippen LogP contribution < -0.4 is 10.2 Å². The maximum Gasteiger partial charge on any atom is 0.325 e. The summed E-state index contributed by atoms with van der Waals surface area (Å²) in [6.45, 7) is 3.51. The molecule has 3 amide bonds. The van der Waals surface area contributed by atoms with Gasteiger partial charge in [0.1, 0.15) is 10.8 Å². The fraction of sp³-hybridized carbons (Fsp3) is 0.280. The highest BCUT2D eigenvalue weighted by molar-refractivity contribution is 7.18. The molecule has 1 aliphatic carbocycles. The van der Waals surface area contributed by atoms with Crippen LogP contribution in [0.3, 0.4) is 0 Å². The number of carbonyl (C=O) groups excluding carboxylic acids is 2. The Morgan fingerprint density at radius 2 is 1.78 bits per heavy atom. The summed E-state index contributed by atoms with van der Waals surface area (Å²) in [5.74, 6) is -0.365. The molecule has 1 aromatic heterocycles. The minimum Gasteiger partial charge on any atom is -0.348 e. The summed E-state index contributed by atoms with van der Waals surface area (Å²) in [4.78, 5) is 30.1. The second-order valence-electron chi connectivity index (χ2n) is 8.43. The fourth-order valence-electron chi connectivity index (χ4n) is 4.48. The van der Waals surface area contributed by atoms with E-state index < -0.39 is 0 Å². The van der Waals surface area contributed by atoms with E-state index in [0.717, 1.165) is 29.0 Å². The second-order valence-corrected chi connectivity index (χ2v) is 9.46. The highest BCUT2D eigenvalue weighted by Crippen LogP contribution is 2.33. The summed E-state index contributed by atoms with van der Waals surface area (Å²) in [5.41, 5.74) is 4.36. The van der Waals surface area contributed by atoms with Gasteiger partial charge in [-0.2, -0.15) is 0 Å². The molecule has 0 atom stereocenters. The quantitative estimate of drug-likeness (QED) is 0.622. The van der Waals surface area contributed by atoms with Crippen molar-refractivity contribution in [3.05, 3.63) is 87.5 Å². The number of fused-ring (bicyclic) bond motifs is 1. The van der Waals surface area contributed by atoms with Crippen LogP contribution in [0.5, 0.6) is 0 Å². The highest BCUT2D eigenvalue weighted by atomic mass is 32.1. The monoisotopic (exact) mass is 449 g/mol. The van der Waals surface area contributed by atoms with Gasteiger partial charge in [0.05, 0.1) is 4.88 Å². The zero-order valence-corrected chi connectivity index (χ0v) is 18.6. The van der Waals surface area contributed by atoms with Crippen LogP contribution in [-0.2, 0) is 19.4 Å². The topological polar surface area (TPSA) is 52.7 Å². The summed E-state index contributed by atoms with van der Waals surface area (Å²) < 4.78 is 13.1. The van der Waals surface area contributed by atoms with E-state index in [9.17, 15) is 14.0 Å². The van der Waals surface area contributed by atoms with Crippen LogP contribution in [0.25, 0.3) is 0 Å². The van der Waals surface area contributed by atoms with Gasteiger partial charge < -0.3 is 10.2 Å². The van der Waals surface area contributed by atoms with E-state index in [2.05, 4.69) is 17.4 Å². The number of aryl methyl sites for hydroxylation is 1. The third-order valence-corrected chi connectivity index (χ3v) is 7.40. The third kappa shape index (κ3) is 4.00. The smallest absolute Gasteiger partial charge is 0.325 e. The molecule has 5 nitrogen and oxygen atoms in total. The summed E-state index contributed by atoms with van der Waals surface area (Å²) in [7, 11) is 0. The van der Waals surface area contributed by atoms with E-state index in [4.69, 9.17) is 0 Å². The molecule has 1 saturated heterocycles. The van der Waals surface area contributed by atoms with Crippen LogP contribution in [-0.4, -0.2) is 36.0 Å². The standard InChI is InChI=1S/C25H24FN3O2S/c1-16-12-22(29-11-10-28(25(29)31)15-17-6-8-20(26)9-7-17)32-23(16)24(30)27-21-13-18-4-2-3-5-19(18)14-21/h2-9,12,21H,10-11,13-15H2,1H3,(H,27,30). The van der Waals surface area contributed by atoms with Crippen molar-refractivity contribution in [2.75, 3.05) is 18.0 Å². The molecule has 0 spiro atoms. The van der Waals surface area contributed by atoms with Gasteiger partial charge in [0, 0.05) is 25.7 Å². The highest BCUT2D eigenvalue weighted by Gasteiger charge is 2.32. The number of urea groups is 1. The molecule has 3 aromatic rings. The van der Waals surface area contributed by atoms with Crippen molar-refractivity contribution in [3.63, 3.8) is 0 Å². The van der Waals surface area contributed by atoms with E-state index in [1.165, 1.54) is 34.6 Å². The van der Waals surface area contributed by atoms with Crippen molar-refractivity contribution in [2.45, 2.75) is 32.4 Å². The van der Waals surface area contributed by atoms with Gasteiger partial charge in [0.15, 0.2) is 0 Å². The molecule has 2 aliphatic rings. The van der Waals surface area contributed by atoms with Gasteiger partial charge >= 0.3 is 6.03 Å². The van der Waals surface area contributed by atoms with Crippen LogP contribution in [0, 0.1) is 12.7 Å². The van der Waals surface area contributed by atoms with Gasteiger partial charge in [0.25, 0.3) is 5.91 Å². The van der Waals surface area contributed by atoms with E-state index in [0.29, 0.717) is 24.5 Å². The lowest BCUT2D eigenvalue weighted by Crippen LogP contribution is -2.35. The Morgan fingerprint density at radius 1 is 1.09 bits per heavy atom. The number of carbonyl (C=O) groups is 2. The predicted octanol–water partition coefficient (Wildman–Crippen LogP) is 4.54. The Balaban J connectivity index is 1.25. The first-order valence-electron chi connectivity index (χ1n) is 10.8. The van der Waals surface area contributed by atoms with Crippen molar-refractivity contribution in [1.29, 1.82) is 0 Å². The average molecular weight is 450 g/mol. The maximum atomic E-state index is 13.1. The molecule has 32 heavy (non-hydrogen) atoms. The first-order chi connectivity index (χ1) is 15.5. The average Bonchev–Trinajstić information content (AvgIpc) is 3.46. The SMILES string of the molecule is Cc1cc(N2CCN(Cc3ccc(F)cc3)C2=O)sc1C(=O)NC1Cc2ccccc2C1. The number of amides is 3. The molecule has 0 unspecified atom stereocenters. The van der Waals surface area contributed by atoms with Gasteiger partial charge in [-0.25, -0.2) is 9.18 Å². The van der Waals surface area contributed by atoms with E-state index in [1.54, 1.807) is 21.9 Å². The van der Waals surface area contributed by atoms with Crippen LogP contribution in [0.15, 0.2) is 54.6 Å². The number of halogens is 1. The zero-order chi connectivity index (χ0) is 22.2. The number of nitrogens with zero attached hydrogens (tertiary/aromatic N) is 2. The predicted molar refractivity (Wildman–Crippen MR) is 124 cm³/mol. The lowest BCUT2D eigenvalue weighted by molar-refractivity contribution is 0.0942. The van der Waals surface area contributed by atoms with Crippen LogP contribution in [0.1, 0.15) is 31.9 Å². The molecule has 1 N–H and O–H groups in total. The van der Waals surface area contributed by atoms with Crippen LogP contribution in [0.4, 0.5) is 14.2 Å². The summed E-state index contributed by atoms with van der Waals surface area (Å²) >= 11 is 1.36. The summed E-state index contributed by atoms with van der Waals surface area (Å²) in [6, 6.07) is 16.4. The maximum absolute atomic E-state index is 13.1. The normalized spacial score (nSPS) is 16.0. The molecule has 1 aliphatic heterocycles. The Kier molecular flexibility index (Phi) is 5.43. The van der Waals surface area contributed by atoms with Crippen molar-refractivity contribution in [1.82, 2.24) is 10.2 Å². The Bertz CT molecular complexity index is 1150. The number of thiophene rings is 1. The number of anilines is 1. The number of nitrogens with one attached hydrogen (secondary N) is 1. The molecule has 5 rings (SSSR count). The summed E-state index contributed by atoms with van der Waals surface area (Å²) in [6.07, 6.45) is 1.70. The van der Waals surface area contributed by atoms with E-state index in [-0.39, 0.29) is 23.8 Å². The van der Waals surface area contributed by atoms with Gasteiger partial charge in [-0.3, -0.25) is 9.69 Å². The van der Waals surface area contributed by atoms with Crippen molar-refractivity contribution >= 4 is 28.3 Å². The van der Waals surface area contributed by atoms with Gasteiger partial charge in [-0.05, 0) is 60.2 Å². The molecular weight excluding hydrogens is 425 g/mol. The lowest BCUT2D eigenvalue weighted by atomic mass is 10.1. The molecule has 164 valence electrons. The van der Waals surface area contributed by atoms with Crippen LogP contribution in [0.2, 0.25) is 0 Å². The molecule has 1 fully saturated rings. The number of hydrogen-bond donors (Lipinski definition) is 1. The number of rotatable bonds is 5. The molecule has 7 heteroatoms. The Hall–Kier alpha value is -3.19. The minimum atomic E-state index is -0.288. The molecule has 0 saturated carbocycles. The van der Waals surface area contributed by atoms with Gasteiger partial charge in [-0.1, -0.05) is 36.4 Å². The minimum absolute atomic E-state index is 0.0774. The molecule has 0 bridgehead atoms. The molecule has 2 aromatic carbocycles. The van der Waals surface area contributed by atoms with Crippen LogP contribution >= 0.6 is 11.3 Å². The Labute approximate surface area is 190 Å². The van der Waals surface area contributed by atoms with E-state index in [1.807, 2.05) is 25.1 Å². The van der Waals surface area contributed by atoms with E-state index >= 15 is 0 Å².